The second kappa shape index (κ2) is 9.70. The first-order valence-electron chi connectivity index (χ1n) is 14.6. The van der Waals surface area contributed by atoms with Gasteiger partial charge >= 0.3 is 0 Å². The van der Waals surface area contributed by atoms with E-state index in [1.54, 1.807) is 0 Å². The van der Waals surface area contributed by atoms with Crippen molar-refractivity contribution < 1.29 is 18.4 Å². The summed E-state index contributed by atoms with van der Waals surface area (Å²) in [7, 11) is -3.01. The molecule has 9 atom stereocenters. The van der Waals surface area contributed by atoms with Crippen molar-refractivity contribution in [1.82, 2.24) is 0 Å². The molecule has 4 fully saturated rings. The minimum Gasteiger partial charge on any atom is -0.414 e. The van der Waals surface area contributed by atoms with E-state index in [4.69, 9.17) is 13.9 Å². The molecule has 2 aliphatic heterocycles. The van der Waals surface area contributed by atoms with E-state index in [0.717, 1.165) is 50.6 Å². The van der Waals surface area contributed by atoms with E-state index in [1.165, 1.54) is 0 Å². The number of fused-ring (bicyclic) bond motifs is 2. The quantitative estimate of drug-likeness (QED) is 0.347. The van der Waals surface area contributed by atoms with Crippen molar-refractivity contribution in [2.75, 3.05) is 0 Å². The van der Waals surface area contributed by atoms with E-state index >= 15 is 0 Å². The fraction of sp³-hybridized carbons (Fsp3) is 1.00. The van der Waals surface area contributed by atoms with Crippen molar-refractivity contribution in [1.29, 1.82) is 0 Å². The topological polar surface area (TPSA) is 44.8 Å². The van der Waals surface area contributed by atoms with Crippen molar-refractivity contribution in [2.24, 2.45) is 40.4 Å². The van der Waals surface area contributed by atoms with Crippen molar-refractivity contribution >= 4 is 17.0 Å². The fourth-order valence-electron chi connectivity index (χ4n) is 8.45. The van der Waals surface area contributed by atoms with Gasteiger partial charge in [-0.1, -0.05) is 48.5 Å². The van der Waals surface area contributed by atoms with Gasteiger partial charge < -0.3 is 18.4 Å². The molecule has 9 unspecified atom stereocenters. The monoisotopic (exact) mass is 522 g/mol. The molecule has 1 spiro atoms. The SMILES string of the molecule is CC[Si](=O)CC1CC2C(CC1C)OC1(CC2(C)C)CC(C)(C)C2CC(O[Si](C)(C)C)C(C)CC2O1. The molecule has 0 amide bonds. The molecular formula is C29H54O4Si2. The Bertz CT molecular complexity index is 790. The zero-order valence-corrected chi connectivity index (χ0v) is 26.4. The standard InChI is InChI=1S/C29H54O4Si2/c1-11-34(30)16-21-14-22-25(12-19(21)2)31-29(17-27(22,4)5)18-28(6,7)23-15-24(33-35(8,9)10)20(3)13-26(23)32-29/h19-26H,11-18H2,1-10H3. The Labute approximate surface area is 218 Å². The average molecular weight is 523 g/mol. The van der Waals surface area contributed by atoms with E-state index in [0.29, 0.717) is 35.7 Å². The predicted molar refractivity (Wildman–Crippen MR) is 146 cm³/mol. The minimum absolute atomic E-state index is 0.163. The van der Waals surface area contributed by atoms with E-state index < -0.39 is 22.8 Å². The van der Waals surface area contributed by atoms with Crippen LogP contribution in [0.25, 0.3) is 0 Å². The molecule has 2 saturated heterocycles. The summed E-state index contributed by atoms with van der Waals surface area (Å²) in [6, 6.07) is 1.78. The van der Waals surface area contributed by atoms with Crippen LogP contribution in [0.1, 0.15) is 87.0 Å². The second-order valence-electron chi connectivity index (χ2n) is 15.3. The van der Waals surface area contributed by atoms with Gasteiger partial charge in [-0.2, -0.15) is 0 Å². The highest BCUT2D eigenvalue weighted by molar-refractivity contribution is 6.69. The van der Waals surface area contributed by atoms with Crippen LogP contribution in [-0.4, -0.2) is 41.1 Å². The second-order valence-corrected chi connectivity index (χ2v) is 21.9. The molecule has 0 aromatic carbocycles. The Morgan fingerprint density at radius 2 is 1.37 bits per heavy atom. The Morgan fingerprint density at radius 3 is 1.89 bits per heavy atom. The fourth-order valence-corrected chi connectivity index (χ4v) is 11.1. The normalized spacial score (nSPS) is 45.0. The molecule has 2 aliphatic carbocycles. The Hall–Kier alpha value is 0.114. The van der Waals surface area contributed by atoms with Crippen LogP contribution < -0.4 is 0 Å². The predicted octanol–water partition coefficient (Wildman–Crippen LogP) is 7.68. The highest BCUT2D eigenvalue weighted by Gasteiger charge is 2.61. The maximum absolute atomic E-state index is 12.4. The molecule has 202 valence electrons. The summed E-state index contributed by atoms with van der Waals surface area (Å²) in [6.45, 7) is 23.6. The van der Waals surface area contributed by atoms with Gasteiger partial charge in [0.1, 0.15) is 0 Å². The lowest BCUT2D eigenvalue weighted by molar-refractivity contribution is -0.381. The highest BCUT2D eigenvalue weighted by atomic mass is 28.4. The van der Waals surface area contributed by atoms with E-state index in [1.807, 2.05) is 0 Å². The van der Waals surface area contributed by atoms with Crippen LogP contribution in [0.3, 0.4) is 0 Å². The van der Waals surface area contributed by atoms with Gasteiger partial charge in [-0.15, -0.1) is 0 Å². The summed E-state index contributed by atoms with van der Waals surface area (Å²) in [4.78, 5) is 0. The number of hydrogen-bond acceptors (Lipinski definition) is 4. The van der Waals surface area contributed by atoms with Gasteiger partial charge in [-0.3, -0.25) is 0 Å². The van der Waals surface area contributed by atoms with E-state index in [-0.39, 0.29) is 23.0 Å². The maximum Gasteiger partial charge on any atom is 0.276 e. The summed E-state index contributed by atoms with van der Waals surface area (Å²) < 4.78 is 33.3. The van der Waals surface area contributed by atoms with Gasteiger partial charge in [0, 0.05) is 18.9 Å². The van der Waals surface area contributed by atoms with E-state index in [2.05, 4.69) is 68.1 Å². The molecule has 4 rings (SSSR count). The first-order chi connectivity index (χ1) is 16.0. The van der Waals surface area contributed by atoms with Crippen LogP contribution in [0.2, 0.25) is 31.7 Å². The Kier molecular flexibility index (Phi) is 7.79. The number of ether oxygens (including phenoxy) is 2. The van der Waals surface area contributed by atoms with Crippen LogP contribution in [-0.2, 0) is 18.4 Å². The van der Waals surface area contributed by atoms with Gasteiger partial charge in [0.05, 0.1) is 12.2 Å². The number of hydrogen-bond donors (Lipinski definition) is 0. The lowest BCUT2D eigenvalue weighted by Crippen LogP contribution is -2.64. The first kappa shape index (κ1) is 28.1. The molecule has 0 radical (unpaired) electrons. The average Bonchev–Trinajstić information content (AvgIpc) is 2.68. The van der Waals surface area contributed by atoms with Crippen LogP contribution >= 0.6 is 0 Å². The largest absolute Gasteiger partial charge is 0.414 e. The van der Waals surface area contributed by atoms with Crippen molar-refractivity contribution in [3.8, 4) is 0 Å². The summed E-state index contributed by atoms with van der Waals surface area (Å²) >= 11 is 0. The summed E-state index contributed by atoms with van der Waals surface area (Å²) in [6.07, 6.45) is 7.25. The van der Waals surface area contributed by atoms with Gasteiger partial charge in [-0.05, 0) is 97.8 Å². The molecule has 0 bridgehead atoms. The summed E-state index contributed by atoms with van der Waals surface area (Å²) in [5.41, 5.74) is 0.326. The van der Waals surface area contributed by atoms with Gasteiger partial charge in [0.15, 0.2) is 14.1 Å². The third kappa shape index (κ3) is 5.92. The molecule has 0 aromatic rings. The third-order valence-corrected chi connectivity index (χ3v) is 12.9. The van der Waals surface area contributed by atoms with Gasteiger partial charge in [-0.25, -0.2) is 0 Å². The zero-order valence-electron chi connectivity index (χ0n) is 24.4. The van der Waals surface area contributed by atoms with Crippen LogP contribution in [0.15, 0.2) is 0 Å². The van der Waals surface area contributed by atoms with Crippen LogP contribution in [0, 0.1) is 40.4 Å². The van der Waals surface area contributed by atoms with Crippen molar-refractivity contribution in [2.45, 2.75) is 143 Å². The van der Waals surface area contributed by atoms with Crippen LogP contribution in [0.4, 0.5) is 0 Å². The molecule has 4 nitrogen and oxygen atoms in total. The lowest BCUT2D eigenvalue weighted by Gasteiger charge is -2.63. The van der Waals surface area contributed by atoms with Crippen molar-refractivity contribution in [3.63, 3.8) is 0 Å². The highest BCUT2D eigenvalue weighted by Crippen LogP contribution is 2.60. The smallest absolute Gasteiger partial charge is 0.276 e. The minimum atomic E-state index is -1.58. The molecule has 0 aromatic heterocycles. The third-order valence-electron chi connectivity index (χ3n) is 10.2. The first-order valence-corrected chi connectivity index (χ1v) is 19.8. The maximum atomic E-state index is 12.4. The van der Waals surface area contributed by atoms with Crippen LogP contribution in [0.5, 0.6) is 0 Å². The summed E-state index contributed by atoms with van der Waals surface area (Å²) in [5, 5.41) is 0. The summed E-state index contributed by atoms with van der Waals surface area (Å²) in [5.74, 6) is 2.26. The molecule has 0 N–H and O–H groups in total. The Morgan fingerprint density at radius 1 is 0.857 bits per heavy atom. The molecule has 4 aliphatic rings. The zero-order chi connectivity index (χ0) is 26.0. The molecule has 6 heteroatoms. The lowest BCUT2D eigenvalue weighted by atomic mass is 9.57. The van der Waals surface area contributed by atoms with Crippen molar-refractivity contribution in [3.05, 3.63) is 0 Å². The molecule has 2 heterocycles. The van der Waals surface area contributed by atoms with Gasteiger partial charge in [0.2, 0.25) is 0 Å². The van der Waals surface area contributed by atoms with Gasteiger partial charge in [0.25, 0.3) is 8.68 Å². The van der Waals surface area contributed by atoms with E-state index in [9.17, 15) is 4.46 Å². The number of rotatable bonds is 5. The Balaban J connectivity index is 1.52. The molecular weight excluding hydrogens is 468 g/mol. The molecule has 2 saturated carbocycles. The molecule has 35 heavy (non-hydrogen) atoms.